The van der Waals surface area contributed by atoms with Gasteiger partial charge < -0.3 is 14.8 Å². The predicted octanol–water partition coefficient (Wildman–Crippen LogP) is 4.47. The number of hydrogen-bond donors (Lipinski definition) is 1. The summed E-state index contributed by atoms with van der Waals surface area (Å²) in [7, 11) is 1.53. The van der Waals surface area contributed by atoms with Crippen LogP contribution in [-0.4, -0.2) is 22.4 Å². The molecule has 0 spiro atoms. The average molecular weight is 462 g/mol. The van der Waals surface area contributed by atoms with Gasteiger partial charge in [0.25, 0.3) is 11.5 Å². The Balaban J connectivity index is 1.36. The topological polar surface area (TPSA) is 81.9 Å². The first-order valence-corrected chi connectivity index (χ1v) is 11.6. The Morgan fingerprint density at radius 3 is 2.70 bits per heavy atom. The van der Waals surface area contributed by atoms with Crippen LogP contribution in [0.25, 0.3) is 4.96 Å². The summed E-state index contributed by atoms with van der Waals surface area (Å²) < 4.78 is 13.0. The van der Waals surface area contributed by atoms with Crippen molar-refractivity contribution in [3.8, 4) is 11.5 Å². The van der Waals surface area contributed by atoms with E-state index in [-0.39, 0.29) is 18.1 Å². The summed E-state index contributed by atoms with van der Waals surface area (Å²) in [5.41, 5.74) is 2.55. The van der Waals surface area contributed by atoms with Gasteiger partial charge in [0.1, 0.15) is 18.1 Å². The Labute approximate surface area is 194 Å². The molecule has 5 rings (SSSR count). The monoisotopic (exact) mass is 461 g/mol. The number of carbonyl (C=O) groups is 1. The molecule has 0 unspecified atom stereocenters. The second kappa shape index (κ2) is 9.07. The van der Waals surface area contributed by atoms with Gasteiger partial charge in [-0.1, -0.05) is 24.3 Å². The fraction of sp³-hybridized carbons (Fsp3) is 0.240. The first kappa shape index (κ1) is 21.2. The van der Waals surface area contributed by atoms with Gasteiger partial charge in [-0.2, -0.15) is 0 Å². The van der Waals surface area contributed by atoms with Crippen LogP contribution < -0.4 is 20.3 Å². The quantitative estimate of drug-likeness (QED) is 0.458. The second-order valence-electron chi connectivity index (χ2n) is 7.82. The summed E-state index contributed by atoms with van der Waals surface area (Å²) >= 11 is 1.59. The van der Waals surface area contributed by atoms with Crippen LogP contribution in [0.4, 0.5) is 5.69 Å². The van der Waals surface area contributed by atoms with Crippen molar-refractivity contribution in [2.75, 3.05) is 12.4 Å². The van der Waals surface area contributed by atoms with E-state index in [1.807, 2.05) is 18.2 Å². The first-order valence-electron chi connectivity index (χ1n) is 10.8. The zero-order valence-corrected chi connectivity index (χ0v) is 19.0. The molecular formula is C25H23N3O4S. The van der Waals surface area contributed by atoms with Crippen LogP contribution in [0.15, 0.2) is 59.4 Å². The number of aryl methyl sites for hydroxylation is 2. The second-order valence-corrected chi connectivity index (χ2v) is 8.88. The fourth-order valence-corrected chi connectivity index (χ4v) is 5.32. The summed E-state index contributed by atoms with van der Waals surface area (Å²) in [5.74, 6) is 0.684. The zero-order chi connectivity index (χ0) is 22.8. The lowest BCUT2D eigenvalue weighted by molar-refractivity contribution is 0.102. The summed E-state index contributed by atoms with van der Waals surface area (Å²) in [5, 5.41) is 2.88. The third-order valence-corrected chi connectivity index (χ3v) is 6.82. The molecule has 2 heterocycles. The number of benzene rings is 2. The van der Waals surface area contributed by atoms with Crippen LogP contribution in [0, 0.1) is 0 Å². The highest BCUT2D eigenvalue weighted by atomic mass is 32.1. The SMILES string of the molecule is COc1ccccc1C(=O)Nc1ccccc1OCc1cc(=O)n2c3c(sc2n1)CCCC3. The van der Waals surface area contributed by atoms with Crippen molar-refractivity contribution in [3.63, 3.8) is 0 Å². The molecular weight excluding hydrogens is 438 g/mol. The van der Waals surface area contributed by atoms with E-state index in [0.29, 0.717) is 33.4 Å². The van der Waals surface area contributed by atoms with Gasteiger partial charge in [0.05, 0.1) is 24.1 Å². The largest absolute Gasteiger partial charge is 0.496 e. The van der Waals surface area contributed by atoms with Gasteiger partial charge in [0, 0.05) is 16.6 Å². The molecule has 168 valence electrons. The average Bonchev–Trinajstić information content (AvgIpc) is 3.22. The van der Waals surface area contributed by atoms with E-state index in [9.17, 15) is 9.59 Å². The molecule has 0 saturated carbocycles. The van der Waals surface area contributed by atoms with E-state index in [1.165, 1.54) is 18.1 Å². The smallest absolute Gasteiger partial charge is 0.259 e. The highest BCUT2D eigenvalue weighted by Gasteiger charge is 2.19. The van der Waals surface area contributed by atoms with Crippen LogP contribution in [0.2, 0.25) is 0 Å². The highest BCUT2D eigenvalue weighted by Crippen LogP contribution is 2.29. The number of anilines is 1. The molecule has 0 aliphatic heterocycles. The Morgan fingerprint density at radius 2 is 1.85 bits per heavy atom. The highest BCUT2D eigenvalue weighted by molar-refractivity contribution is 7.17. The number of amides is 1. The molecule has 1 N–H and O–H groups in total. The number of para-hydroxylation sites is 3. The molecule has 1 aliphatic rings. The molecule has 2 aromatic carbocycles. The van der Waals surface area contributed by atoms with Crippen molar-refractivity contribution in [2.24, 2.45) is 0 Å². The number of hydrogen-bond acceptors (Lipinski definition) is 6. The molecule has 33 heavy (non-hydrogen) atoms. The van der Waals surface area contributed by atoms with Gasteiger partial charge in [-0.3, -0.25) is 14.0 Å². The summed E-state index contributed by atoms with van der Waals surface area (Å²) in [6, 6.07) is 15.7. The third kappa shape index (κ3) is 4.21. The van der Waals surface area contributed by atoms with Crippen LogP contribution >= 0.6 is 11.3 Å². The number of aromatic nitrogens is 2. The fourth-order valence-electron chi connectivity index (χ4n) is 4.09. The van der Waals surface area contributed by atoms with Gasteiger partial charge in [-0.15, -0.1) is 11.3 Å². The summed E-state index contributed by atoms with van der Waals surface area (Å²) in [6.45, 7) is 0.121. The maximum Gasteiger partial charge on any atom is 0.259 e. The number of rotatable bonds is 6. The molecule has 2 aromatic heterocycles. The molecule has 1 aliphatic carbocycles. The van der Waals surface area contributed by atoms with E-state index in [1.54, 1.807) is 46.1 Å². The number of fused-ring (bicyclic) bond motifs is 3. The van der Waals surface area contributed by atoms with Gasteiger partial charge in [-0.25, -0.2) is 4.98 Å². The van der Waals surface area contributed by atoms with Crippen molar-refractivity contribution in [1.29, 1.82) is 0 Å². The first-order chi connectivity index (χ1) is 16.1. The van der Waals surface area contributed by atoms with Crippen LogP contribution in [-0.2, 0) is 19.4 Å². The van der Waals surface area contributed by atoms with E-state index >= 15 is 0 Å². The molecule has 8 heteroatoms. The number of carbonyl (C=O) groups excluding carboxylic acids is 1. The van der Waals surface area contributed by atoms with Crippen molar-refractivity contribution >= 4 is 27.9 Å². The molecule has 0 atom stereocenters. The molecule has 0 saturated heterocycles. The molecule has 0 fully saturated rings. The van der Waals surface area contributed by atoms with Crippen LogP contribution in [0.3, 0.4) is 0 Å². The predicted molar refractivity (Wildman–Crippen MR) is 128 cm³/mol. The van der Waals surface area contributed by atoms with Crippen molar-refractivity contribution < 1.29 is 14.3 Å². The van der Waals surface area contributed by atoms with Crippen molar-refractivity contribution in [1.82, 2.24) is 9.38 Å². The summed E-state index contributed by atoms with van der Waals surface area (Å²) in [4.78, 5) is 32.2. The van der Waals surface area contributed by atoms with Crippen LogP contribution in [0.5, 0.6) is 11.5 Å². The number of nitrogens with zero attached hydrogens (tertiary/aromatic N) is 2. The van der Waals surface area contributed by atoms with Crippen molar-refractivity contribution in [2.45, 2.75) is 32.3 Å². The van der Waals surface area contributed by atoms with Gasteiger partial charge in [0.15, 0.2) is 4.96 Å². The maximum absolute atomic E-state index is 12.8. The summed E-state index contributed by atoms with van der Waals surface area (Å²) in [6.07, 6.45) is 4.19. The Kier molecular flexibility index (Phi) is 5.83. The minimum Gasteiger partial charge on any atom is -0.496 e. The molecule has 7 nitrogen and oxygen atoms in total. The van der Waals surface area contributed by atoms with E-state index in [0.717, 1.165) is 31.4 Å². The normalized spacial score (nSPS) is 12.9. The standard InChI is InChI=1S/C25H23N3O4S/c1-31-20-11-5-2-8-17(20)24(30)27-18-9-3-6-12-21(18)32-15-16-14-23(29)28-19-10-4-7-13-22(19)33-25(28)26-16/h2-3,5-6,8-9,11-12,14H,4,7,10,13,15H2,1H3,(H,27,30). The molecule has 1 amide bonds. The lowest BCUT2D eigenvalue weighted by atomic mass is 10.0. The Hall–Kier alpha value is -3.65. The number of nitrogens with one attached hydrogen (secondary N) is 1. The van der Waals surface area contributed by atoms with E-state index in [2.05, 4.69) is 10.3 Å². The lowest BCUT2D eigenvalue weighted by Gasteiger charge is -2.13. The Bertz CT molecular complexity index is 1390. The van der Waals surface area contributed by atoms with Gasteiger partial charge in [-0.05, 0) is 49.9 Å². The minimum absolute atomic E-state index is 0.0734. The van der Waals surface area contributed by atoms with Crippen molar-refractivity contribution in [3.05, 3.63) is 86.8 Å². The molecule has 4 aromatic rings. The minimum atomic E-state index is -0.301. The Morgan fingerprint density at radius 1 is 1.09 bits per heavy atom. The number of ether oxygens (including phenoxy) is 2. The molecule has 0 bridgehead atoms. The van der Waals surface area contributed by atoms with Gasteiger partial charge in [0.2, 0.25) is 0 Å². The number of thiazole rings is 1. The van der Waals surface area contributed by atoms with Gasteiger partial charge >= 0.3 is 0 Å². The third-order valence-electron chi connectivity index (χ3n) is 5.68. The lowest BCUT2D eigenvalue weighted by Crippen LogP contribution is -2.18. The van der Waals surface area contributed by atoms with E-state index < -0.39 is 0 Å². The maximum atomic E-state index is 12.8. The molecule has 0 radical (unpaired) electrons. The number of methoxy groups -OCH3 is 1. The van der Waals surface area contributed by atoms with E-state index in [4.69, 9.17) is 9.47 Å². The van der Waals surface area contributed by atoms with Crippen LogP contribution in [0.1, 0.15) is 39.5 Å². The zero-order valence-electron chi connectivity index (χ0n) is 18.2.